The summed E-state index contributed by atoms with van der Waals surface area (Å²) in [6, 6.07) is 5.37. The third kappa shape index (κ3) is 3.13. The molecular formula is C12H14FIN2S. The lowest BCUT2D eigenvalue weighted by molar-refractivity contribution is 0.537. The van der Waals surface area contributed by atoms with E-state index in [0.717, 1.165) is 16.6 Å². The van der Waals surface area contributed by atoms with Gasteiger partial charge in [-0.25, -0.2) is 4.39 Å². The van der Waals surface area contributed by atoms with Crippen molar-refractivity contribution in [3.63, 3.8) is 0 Å². The van der Waals surface area contributed by atoms with Gasteiger partial charge in [0.05, 0.1) is 15.3 Å². The molecule has 1 aliphatic heterocycles. The number of hydrogen-bond donors (Lipinski definition) is 1. The van der Waals surface area contributed by atoms with Crippen molar-refractivity contribution in [1.82, 2.24) is 0 Å². The van der Waals surface area contributed by atoms with E-state index in [0.29, 0.717) is 15.5 Å². The van der Waals surface area contributed by atoms with E-state index in [1.165, 1.54) is 6.07 Å². The minimum atomic E-state index is -0.196. The second kappa shape index (κ2) is 5.56. The Hall–Kier alpha value is -0.300. The Bertz CT molecular complexity index is 450. The third-order valence-electron chi connectivity index (χ3n) is 2.82. The molecule has 1 aromatic rings. The number of benzene rings is 1. The van der Waals surface area contributed by atoms with Crippen molar-refractivity contribution in [3.05, 3.63) is 27.6 Å². The van der Waals surface area contributed by atoms with E-state index < -0.39 is 0 Å². The summed E-state index contributed by atoms with van der Waals surface area (Å²) in [5.41, 5.74) is 0.790. The molecule has 5 heteroatoms. The Morgan fingerprint density at radius 3 is 2.94 bits per heavy atom. The molecule has 2 rings (SSSR count). The molecule has 0 saturated heterocycles. The summed E-state index contributed by atoms with van der Waals surface area (Å²) in [5, 5.41) is 4.09. The summed E-state index contributed by atoms with van der Waals surface area (Å²) >= 11 is 3.71. The summed E-state index contributed by atoms with van der Waals surface area (Å²) in [7, 11) is 0. The van der Waals surface area contributed by atoms with E-state index in [9.17, 15) is 4.39 Å². The number of hydrogen-bond acceptors (Lipinski definition) is 3. The Kier molecular flexibility index (Phi) is 4.30. The standard InChI is InChI=1S/C12H14FIN2S/c1-7-6-17-12(15-8(7)2)16-10-5-3-4-9(13)11(10)14/h3-5,7-8H,6H2,1-2H3,(H,15,16). The highest BCUT2D eigenvalue weighted by Gasteiger charge is 2.19. The minimum Gasteiger partial charge on any atom is -0.334 e. The molecular weight excluding hydrogens is 350 g/mol. The highest BCUT2D eigenvalue weighted by atomic mass is 127. The number of halogens is 2. The Morgan fingerprint density at radius 1 is 1.47 bits per heavy atom. The molecule has 92 valence electrons. The van der Waals surface area contributed by atoms with Crippen LogP contribution >= 0.6 is 34.4 Å². The molecule has 0 radical (unpaired) electrons. The average Bonchev–Trinajstić information content (AvgIpc) is 2.30. The smallest absolute Gasteiger partial charge is 0.161 e. The molecule has 1 aliphatic rings. The molecule has 1 heterocycles. The SMILES string of the molecule is CC1CSC(Nc2cccc(F)c2I)=NC1C. The maximum Gasteiger partial charge on any atom is 0.161 e. The van der Waals surface area contributed by atoms with Crippen molar-refractivity contribution >= 4 is 45.2 Å². The summed E-state index contributed by atoms with van der Waals surface area (Å²) in [5.74, 6) is 1.45. The molecule has 0 aromatic heterocycles. The van der Waals surface area contributed by atoms with Crippen LogP contribution < -0.4 is 5.32 Å². The Labute approximate surface area is 119 Å². The molecule has 0 bridgehead atoms. The molecule has 0 amide bonds. The zero-order valence-corrected chi connectivity index (χ0v) is 12.7. The average molecular weight is 364 g/mol. The lowest BCUT2D eigenvalue weighted by atomic mass is 10.1. The van der Waals surface area contributed by atoms with Crippen LogP contribution in [0.3, 0.4) is 0 Å². The van der Waals surface area contributed by atoms with Gasteiger partial charge in [0, 0.05) is 5.75 Å². The van der Waals surface area contributed by atoms with Gasteiger partial charge in [0.15, 0.2) is 5.17 Å². The molecule has 2 atom stereocenters. The summed E-state index contributed by atoms with van der Waals surface area (Å²) in [4.78, 5) is 4.57. The number of amidine groups is 1. The molecule has 2 unspecified atom stereocenters. The van der Waals surface area contributed by atoms with E-state index in [4.69, 9.17) is 0 Å². The number of rotatable bonds is 1. The van der Waals surface area contributed by atoms with E-state index >= 15 is 0 Å². The topological polar surface area (TPSA) is 24.4 Å². The zero-order chi connectivity index (χ0) is 12.4. The van der Waals surface area contributed by atoms with Crippen LogP contribution in [-0.4, -0.2) is 17.0 Å². The van der Waals surface area contributed by atoms with Gasteiger partial charge in [0.25, 0.3) is 0 Å². The van der Waals surface area contributed by atoms with E-state index in [1.54, 1.807) is 17.8 Å². The van der Waals surface area contributed by atoms with Gasteiger partial charge < -0.3 is 5.32 Å². The summed E-state index contributed by atoms with van der Waals surface area (Å²) in [6.45, 7) is 4.31. The van der Waals surface area contributed by atoms with Crippen molar-refractivity contribution < 1.29 is 4.39 Å². The van der Waals surface area contributed by atoms with Gasteiger partial charge in [-0.1, -0.05) is 24.8 Å². The Morgan fingerprint density at radius 2 is 2.24 bits per heavy atom. The fourth-order valence-electron chi connectivity index (χ4n) is 1.48. The largest absolute Gasteiger partial charge is 0.334 e. The fourth-order valence-corrected chi connectivity index (χ4v) is 3.10. The van der Waals surface area contributed by atoms with Crippen molar-refractivity contribution in [3.8, 4) is 0 Å². The van der Waals surface area contributed by atoms with Gasteiger partial charge in [-0.3, -0.25) is 4.99 Å². The number of nitrogens with zero attached hydrogens (tertiary/aromatic N) is 1. The van der Waals surface area contributed by atoms with Crippen LogP contribution in [0.4, 0.5) is 10.1 Å². The van der Waals surface area contributed by atoms with Crippen molar-refractivity contribution in [2.24, 2.45) is 10.9 Å². The molecule has 2 nitrogen and oxygen atoms in total. The monoisotopic (exact) mass is 364 g/mol. The number of aliphatic imine (C=N–C) groups is 1. The van der Waals surface area contributed by atoms with Crippen LogP contribution in [0.1, 0.15) is 13.8 Å². The summed E-state index contributed by atoms with van der Waals surface area (Å²) in [6.07, 6.45) is 0. The van der Waals surface area contributed by atoms with Gasteiger partial charge in [-0.2, -0.15) is 0 Å². The van der Waals surface area contributed by atoms with Gasteiger partial charge in [0.1, 0.15) is 5.82 Å². The number of anilines is 1. The van der Waals surface area contributed by atoms with Crippen LogP contribution in [0.2, 0.25) is 0 Å². The number of nitrogens with one attached hydrogen (secondary N) is 1. The van der Waals surface area contributed by atoms with Crippen molar-refractivity contribution in [1.29, 1.82) is 0 Å². The Balaban J connectivity index is 2.16. The first kappa shape index (κ1) is 13.1. The predicted octanol–water partition coefficient (Wildman–Crippen LogP) is 3.97. The van der Waals surface area contributed by atoms with E-state index in [-0.39, 0.29) is 5.82 Å². The first-order chi connectivity index (χ1) is 8.08. The molecule has 0 spiro atoms. The highest BCUT2D eigenvalue weighted by molar-refractivity contribution is 14.1. The predicted molar refractivity (Wildman–Crippen MR) is 81.3 cm³/mol. The maximum atomic E-state index is 13.4. The fraction of sp³-hybridized carbons (Fsp3) is 0.417. The zero-order valence-electron chi connectivity index (χ0n) is 9.71. The lowest BCUT2D eigenvalue weighted by Crippen LogP contribution is -2.25. The van der Waals surface area contributed by atoms with Crippen LogP contribution in [0.5, 0.6) is 0 Å². The van der Waals surface area contributed by atoms with Gasteiger partial charge in [-0.15, -0.1) is 0 Å². The van der Waals surface area contributed by atoms with Crippen molar-refractivity contribution in [2.45, 2.75) is 19.9 Å². The second-order valence-corrected chi connectivity index (χ2v) is 6.28. The molecule has 0 saturated carbocycles. The van der Waals surface area contributed by atoms with Crippen LogP contribution in [-0.2, 0) is 0 Å². The summed E-state index contributed by atoms with van der Waals surface area (Å²) < 4.78 is 14.0. The van der Waals surface area contributed by atoms with Crippen LogP contribution in [0.25, 0.3) is 0 Å². The molecule has 1 aromatic carbocycles. The molecule has 17 heavy (non-hydrogen) atoms. The third-order valence-corrected chi connectivity index (χ3v) is 5.09. The van der Waals surface area contributed by atoms with Crippen LogP contribution in [0.15, 0.2) is 23.2 Å². The van der Waals surface area contributed by atoms with Gasteiger partial charge in [0.2, 0.25) is 0 Å². The van der Waals surface area contributed by atoms with Gasteiger partial charge >= 0.3 is 0 Å². The maximum absolute atomic E-state index is 13.4. The highest BCUT2D eigenvalue weighted by Crippen LogP contribution is 2.26. The van der Waals surface area contributed by atoms with Crippen molar-refractivity contribution in [2.75, 3.05) is 11.1 Å². The van der Waals surface area contributed by atoms with E-state index in [2.05, 4.69) is 24.2 Å². The first-order valence-electron chi connectivity index (χ1n) is 5.49. The lowest BCUT2D eigenvalue weighted by Gasteiger charge is -2.24. The minimum absolute atomic E-state index is 0.196. The first-order valence-corrected chi connectivity index (χ1v) is 7.56. The molecule has 1 N–H and O–H groups in total. The normalized spacial score (nSPS) is 24.4. The van der Waals surface area contributed by atoms with Crippen LogP contribution in [0, 0.1) is 15.3 Å². The quantitative estimate of drug-likeness (QED) is 0.763. The second-order valence-electron chi connectivity index (χ2n) is 4.19. The number of thioether (sulfide) groups is 1. The van der Waals surface area contributed by atoms with E-state index in [1.807, 2.05) is 28.7 Å². The molecule has 0 aliphatic carbocycles. The van der Waals surface area contributed by atoms with Gasteiger partial charge in [-0.05, 0) is 47.6 Å². The molecule has 0 fully saturated rings.